The van der Waals surface area contributed by atoms with Crippen molar-refractivity contribution in [3.8, 4) is 5.69 Å². The summed E-state index contributed by atoms with van der Waals surface area (Å²) in [6.07, 6.45) is 2.19. The summed E-state index contributed by atoms with van der Waals surface area (Å²) in [7, 11) is 1.84. The van der Waals surface area contributed by atoms with Gasteiger partial charge in [0.25, 0.3) is 5.56 Å². The molecule has 0 bridgehead atoms. The van der Waals surface area contributed by atoms with Crippen molar-refractivity contribution >= 4 is 28.7 Å². The summed E-state index contributed by atoms with van der Waals surface area (Å²) in [6.45, 7) is 5.96. The van der Waals surface area contributed by atoms with Gasteiger partial charge in [0, 0.05) is 7.05 Å². The molecule has 0 aliphatic heterocycles. The number of hydrazone groups is 1. The quantitative estimate of drug-likeness (QED) is 0.357. The smallest absolute Gasteiger partial charge is 0.295 e. The fraction of sp³-hybridized carbons (Fsp3) is 0.261. The van der Waals surface area contributed by atoms with Gasteiger partial charge in [0.15, 0.2) is 5.11 Å². The van der Waals surface area contributed by atoms with E-state index in [0.717, 1.165) is 35.5 Å². The first-order valence-corrected chi connectivity index (χ1v) is 10.4. The van der Waals surface area contributed by atoms with Crippen molar-refractivity contribution in [2.75, 3.05) is 5.32 Å². The molecule has 0 saturated carbocycles. The van der Waals surface area contributed by atoms with Gasteiger partial charge in [-0.15, -0.1) is 0 Å². The molecular weight excluding hydrogens is 394 g/mol. The largest absolute Gasteiger partial charge is 0.325 e. The number of nitrogens with zero attached hydrogens (tertiary/aromatic N) is 3. The minimum atomic E-state index is -0.169. The van der Waals surface area contributed by atoms with E-state index in [1.54, 1.807) is 9.36 Å². The van der Waals surface area contributed by atoms with Crippen LogP contribution in [0.2, 0.25) is 0 Å². The molecule has 3 rings (SSSR count). The van der Waals surface area contributed by atoms with Crippen LogP contribution in [0.15, 0.2) is 64.5 Å². The number of aryl methyl sites for hydroxylation is 1. The lowest BCUT2D eigenvalue weighted by atomic mass is 10.1. The van der Waals surface area contributed by atoms with E-state index in [2.05, 4.69) is 47.0 Å². The Morgan fingerprint density at radius 1 is 1.10 bits per heavy atom. The lowest BCUT2D eigenvalue weighted by Crippen LogP contribution is -2.28. The summed E-state index contributed by atoms with van der Waals surface area (Å²) in [6, 6.07) is 17.8. The molecule has 0 spiro atoms. The molecule has 0 amide bonds. The predicted molar refractivity (Wildman–Crippen MR) is 128 cm³/mol. The van der Waals surface area contributed by atoms with E-state index in [1.807, 2.05) is 51.2 Å². The zero-order chi connectivity index (χ0) is 21.7. The van der Waals surface area contributed by atoms with E-state index in [1.165, 1.54) is 5.56 Å². The zero-order valence-corrected chi connectivity index (χ0v) is 18.6. The molecule has 2 N–H and O–H groups in total. The number of thiocarbonyl (C=S) groups is 1. The highest BCUT2D eigenvalue weighted by Gasteiger charge is 2.16. The van der Waals surface area contributed by atoms with E-state index < -0.39 is 0 Å². The molecule has 7 heteroatoms. The van der Waals surface area contributed by atoms with Gasteiger partial charge in [0.05, 0.1) is 17.1 Å². The van der Waals surface area contributed by atoms with Crippen molar-refractivity contribution in [1.29, 1.82) is 0 Å². The molecule has 0 atom stereocenters. The van der Waals surface area contributed by atoms with Crippen LogP contribution in [0.1, 0.15) is 37.1 Å². The van der Waals surface area contributed by atoms with E-state index in [-0.39, 0.29) is 10.7 Å². The lowest BCUT2D eigenvalue weighted by Gasteiger charge is -2.08. The first-order chi connectivity index (χ1) is 14.4. The highest BCUT2D eigenvalue weighted by Crippen LogP contribution is 2.14. The molecule has 0 unspecified atom stereocenters. The Bertz CT molecular complexity index is 1110. The molecule has 6 nitrogen and oxygen atoms in total. The van der Waals surface area contributed by atoms with Gasteiger partial charge in [0.2, 0.25) is 0 Å². The summed E-state index contributed by atoms with van der Waals surface area (Å²) in [5.41, 5.74) is 7.82. The average molecular weight is 422 g/mol. The molecule has 2 aromatic carbocycles. The summed E-state index contributed by atoms with van der Waals surface area (Å²) < 4.78 is 3.40. The highest BCUT2D eigenvalue weighted by molar-refractivity contribution is 7.80. The summed E-state index contributed by atoms with van der Waals surface area (Å²) in [4.78, 5) is 12.9. The topological polar surface area (TPSA) is 63.4 Å². The molecule has 3 aromatic rings. The second-order valence-corrected chi connectivity index (χ2v) is 7.55. The van der Waals surface area contributed by atoms with Gasteiger partial charge >= 0.3 is 0 Å². The fourth-order valence-corrected chi connectivity index (χ4v) is 3.40. The van der Waals surface area contributed by atoms with Crippen molar-refractivity contribution in [3.63, 3.8) is 0 Å². The van der Waals surface area contributed by atoms with Crippen molar-refractivity contribution in [2.24, 2.45) is 12.1 Å². The average Bonchev–Trinajstić information content (AvgIpc) is 2.96. The first-order valence-electron chi connectivity index (χ1n) is 9.97. The van der Waals surface area contributed by atoms with Crippen molar-refractivity contribution in [1.82, 2.24) is 14.8 Å². The monoisotopic (exact) mass is 421 g/mol. The summed E-state index contributed by atoms with van der Waals surface area (Å²) in [5, 5.41) is 7.63. The number of anilines is 1. The normalized spacial score (nSPS) is 11.4. The van der Waals surface area contributed by atoms with Crippen molar-refractivity contribution in [2.45, 2.75) is 33.6 Å². The van der Waals surface area contributed by atoms with Crippen LogP contribution in [0.25, 0.3) is 5.69 Å². The van der Waals surface area contributed by atoms with Crippen LogP contribution in [0.3, 0.4) is 0 Å². The second-order valence-electron chi connectivity index (χ2n) is 7.15. The minimum absolute atomic E-state index is 0.169. The Morgan fingerprint density at radius 3 is 2.40 bits per heavy atom. The van der Waals surface area contributed by atoms with Gasteiger partial charge in [-0.3, -0.25) is 14.9 Å². The van der Waals surface area contributed by atoms with Gasteiger partial charge in [-0.25, -0.2) is 4.68 Å². The van der Waals surface area contributed by atoms with Crippen LogP contribution >= 0.6 is 12.2 Å². The van der Waals surface area contributed by atoms with E-state index in [9.17, 15) is 4.79 Å². The second kappa shape index (κ2) is 9.54. The Morgan fingerprint density at radius 2 is 1.77 bits per heavy atom. The highest BCUT2D eigenvalue weighted by atomic mass is 32.1. The van der Waals surface area contributed by atoms with Crippen LogP contribution in [0, 0.1) is 6.92 Å². The lowest BCUT2D eigenvalue weighted by molar-refractivity contribution is 0.630. The Labute approximate surface area is 182 Å². The van der Waals surface area contributed by atoms with Gasteiger partial charge in [0.1, 0.15) is 5.69 Å². The zero-order valence-electron chi connectivity index (χ0n) is 17.8. The Hall–Kier alpha value is -3.19. The molecule has 0 saturated heterocycles. The van der Waals surface area contributed by atoms with Crippen LogP contribution in [-0.2, 0) is 13.5 Å². The molecule has 0 fully saturated rings. The maximum absolute atomic E-state index is 12.9. The number of nitrogens with one attached hydrogen (secondary N) is 2. The summed E-state index contributed by atoms with van der Waals surface area (Å²) in [5.74, 6) is 0. The van der Waals surface area contributed by atoms with Gasteiger partial charge in [-0.2, -0.15) is 5.10 Å². The molecule has 0 radical (unpaired) electrons. The number of benzene rings is 2. The first kappa shape index (κ1) is 21.5. The van der Waals surface area contributed by atoms with Crippen LogP contribution in [0.4, 0.5) is 5.69 Å². The Kier molecular flexibility index (Phi) is 6.84. The molecule has 1 heterocycles. The van der Waals surface area contributed by atoms with Crippen molar-refractivity contribution < 1.29 is 0 Å². The molecule has 156 valence electrons. The van der Waals surface area contributed by atoms with E-state index >= 15 is 0 Å². The molecular formula is C23H27N5OS. The number of rotatable bonds is 6. The van der Waals surface area contributed by atoms with E-state index in [0.29, 0.717) is 5.69 Å². The van der Waals surface area contributed by atoms with Crippen LogP contribution in [-0.4, -0.2) is 20.2 Å². The number of para-hydroxylation sites is 1. The van der Waals surface area contributed by atoms with Gasteiger partial charge in [-0.1, -0.05) is 55.8 Å². The molecule has 0 aliphatic rings. The third-order valence-corrected chi connectivity index (χ3v) is 5.22. The number of hydrogen-bond acceptors (Lipinski definition) is 3. The van der Waals surface area contributed by atoms with E-state index in [4.69, 9.17) is 12.2 Å². The maximum Gasteiger partial charge on any atom is 0.295 e. The maximum atomic E-state index is 12.9. The van der Waals surface area contributed by atoms with Crippen LogP contribution < -0.4 is 16.3 Å². The van der Waals surface area contributed by atoms with Gasteiger partial charge in [-0.05, 0) is 55.7 Å². The standard InChI is InChI=1S/C23H27N5OS/c1-5-9-18-12-14-19(15-13-18)16(2)25-26-23(30)24-21-17(3)27(4)28(22(21)29)20-10-7-6-8-11-20/h6-8,10-15H,5,9H2,1-4H3,(H2,24,26,30)/b25-16-. The number of aromatic nitrogens is 2. The fourth-order valence-electron chi connectivity index (χ4n) is 3.25. The summed E-state index contributed by atoms with van der Waals surface area (Å²) >= 11 is 5.36. The molecule has 0 aliphatic carbocycles. The third kappa shape index (κ3) is 4.68. The SMILES string of the molecule is CCCc1ccc(/C(C)=N\NC(=S)Nc2c(C)n(C)n(-c3ccccc3)c2=O)cc1. The van der Waals surface area contributed by atoms with Gasteiger partial charge < -0.3 is 5.32 Å². The number of hydrogen-bond donors (Lipinski definition) is 2. The third-order valence-electron chi connectivity index (χ3n) is 5.03. The molecule has 30 heavy (non-hydrogen) atoms. The molecule has 1 aromatic heterocycles. The van der Waals surface area contributed by atoms with Crippen LogP contribution in [0.5, 0.6) is 0 Å². The Balaban J connectivity index is 1.73. The predicted octanol–water partition coefficient (Wildman–Crippen LogP) is 4.15. The minimum Gasteiger partial charge on any atom is -0.325 e. The van der Waals surface area contributed by atoms with Crippen molar-refractivity contribution in [3.05, 3.63) is 81.8 Å².